The summed E-state index contributed by atoms with van der Waals surface area (Å²) >= 11 is 1.13. The number of hydrazone groups is 1. The molecule has 1 amide bonds. The second-order valence-corrected chi connectivity index (χ2v) is 8.19. The first-order valence-corrected chi connectivity index (χ1v) is 11.5. The van der Waals surface area contributed by atoms with Gasteiger partial charge in [0.25, 0.3) is 11.5 Å². The molecular weight excluding hydrogens is 468 g/mol. The minimum Gasteiger partial charge on any atom is -0.502 e. The zero-order valence-corrected chi connectivity index (χ0v) is 19.8. The molecule has 3 aromatic carbocycles. The summed E-state index contributed by atoms with van der Waals surface area (Å²) in [6.07, 6.45) is 1.40. The number of hydrogen-bond acceptors (Lipinski definition) is 8. The van der Waals surface area contributed by atoms with E-state index in [0.717, 1.165) is 11.8 Å². The van der Waals surface area contributed by atoms with E-state index >= 15 is 0 Å². The van der Waals surface area contributed by atoms with E-state index in [4.69, 9.17) is 9.47 Å². The Bertz CT molecular complexity index is 1430. The number of carbonyl (C=O) groups excluding carboxylic acids is 1. The predicted molar refractivity (Wildman–Crippen MR) is 135 cm³/mol. The number of hydrogen-bond donors (Lipinski definition) is 2. The molecular formula is C25H22N4O5S. The Labute approximate surface area is 205 Å². The van der Waals surface area contributed by atoms with E-state index in [2.05, 4.69) is 15.5 Å². The molecule has 0 unspecified atom stereocenters. The lowest BCUT2D eigenvalue weighted by Crippen LogP contribution is -2.24. The largest absolute Gasteiger partial charge is 0.502 e. The summed E-state index contributed by atoms with van der Waals surface area (Å²) in [5, 5.41) is 14.9. The lowest BCUT2D eigenvalue weighted by atomic mass is 10.2. The maximum atomic E-state index is 13.2. The number of phenolic OH excluding ortho intramolecular Hbond substituents is 1. The van der Waals surface area contributed by atoms with Gasteiger partial charge in [0.05, 0.1) is 42.8 Å². The van der Waals surface area contributed by atoms with E-state index in [-0.39, 0.29) is 34.5 Å². The van der Waals surface area contributed by atoms with Crippen LogP contribution in [0.1, 0.15) is 5.56 Å². The molecule has 0 radical (unpaired) electrons. The van der Waals surface area contributed by atoms with E-state index in [1.165, 1.54) is 25.0 Å². The molecule has 9 nitrogen and oxygen atoms in total. The molecule has 1 heterocycles. The van der Waals surface area contributed by atoms with Crippen LogP contribution in [-0.2, 0) is 4.79 Å². The number of benzene rings is 3. The first-order valence-electron chi connectivity index (χ1n) is 10.5. The smallest absolute Gasteiger partial charge is 0.266 e. The molecule has 4 rings (SSSR count). The van der Waals surface area contributed by atoms with Gasteiger partial charge in [-0.15, -0.1) is 0 Å². The summed E-state index contributed by atoms with van der Waals surface area (Å²) in [6, 6.07) is 19.4. The van der Waals surface area contributed by atoms with Crippen molar-refractivity contribution in [3.63, 3.8) is 0 Å². The third kappa shape index (κ3) is 5.28. The third-order valence-electron chi connectivity index (χ3n) is 5.00. The highest BCUT2D eigenvalue weighted by Gasteiger charge is 2.15. The monoisotopic (exact) mass is 490 g/mol. The molecule has 0 aliphatic carbocycles. The Morgan fingerprint density at radius 2 is 1.74 bits per heavy atom. The SMILES string of the molecule is COc1cc(C=NNC(=O)CSc2nc3ccccc3c(=O)n2-c2ccccc2)cc(OC)c1O. The van der Waals surface area contributed by atoms with Gasteiger partial charge in [0, 0.05) is 5.56 Å². The molecule has 0 atom stereocenters. The second-order valence-electron chi connectivity index (χ2n) is 7.24. The number of aromatic hydroxyl groups is 1. The number of para-hydroxylation sites is 2. The van der Waals surface area contributed by atoms with Crippen LogP contribution in [0.3, 0.4) is 0 Å². The quantitative estimate of drug-likeness (QED) is 0.168. The molecule has 0 saturated carbocycles. The Morgan fingerprint density at radius 1 is 1.09 bits per heavy atom. The average Bonchev–Trinajstić information content (AvgIpc) is 2.88. The first-order chi connectivity index (χ1) is 17.0. The summed E-state index contributed by atoms with van der Waals surface area (Å²) < 4.78 is 11.7. The highest BCUT2D eigenvalue weighted by atomic mass is 32.2. The van der Waals surface area contributed by atoms with E-state index in [1.807, 2.05) is 36.4 Å². The van der Waals surface area contributed by atoms with Gasteiger partial charge in [0.1, 0.15) is 0 Å². The number of amides is 1. The number of fused-ring (bicyclic) bond motifs is 1. The topological polar surface area (TPSA) is 115 Å². The second kappa shape index (κ2) is 10.7. The summed E-state index contributed by atoms with van der Waals surface area (Å²) in [6.45, 7) is 0. The van der Waals surface area contributed by atoms with Gasteiger partial charge in [0.2, 0.25) is 5.75 Å². The number of ether oxygens (including phenoxy) is 2. The van der Waals surface area contributed by atoms with Crippen LogP contribution in [0.5, 0.6) is 17.2 Å². The number of nitrogens with zero attached hydrogens (tertiary/aromatic N) is 3. The van der Waals surface area contributed by atoms with Gasteiger partial charge in [-0.3, -0.25) is 14.2 Å². The van der Waals surface area contributed by atoms with Crippen molar-refractivity contribution in [1.82, 2.24) is 15.0 Å². The van der Waals surface area contributed by atoms with Gasteiger partial charge in [-0.05, 0) is 36.4 Å². The van der Waals surface area contributed by atoms with E-state index < -0.39 is 0 Å². The number of thioether (sulfide) groups is 1. The minimum atomic E-state index is -0.383. The Balaban J connectivity index is 1.52. The van der Waals surface area contributed by atoms with Gasteiger partial charge < -0.3 is 14.6 Å². The van der Waals surface area contributed by atoms with Crippen molar-refractivity contribution in [3.05, 3.63) is 82.6 Å². The maximum absolute atomic E-state index is 13.2. The molecule has 178 valence electrons. The van der Waals surface area contributed by atoms with Crippen LogP contribution in [-0.4, -0.2) is 46.8 Å². The van der Waals surface area contributed by atoms with Crippen molar-refractivity contribution < 1.29 is 19.4 Å². The van der Waals surface area contributed by atoms with Crippen LogP contribution in [0.4, 0.5) is 0 Å². The minimum absolute atomic E-state index is 0.0167. The van der Waals surface area contributed by atoms with Gasteiger partial charge in [-0.1, -0.05) is 42.1 Å². The van der Waals surface area contributed by atoms with Crippen LogP contribution < -0.4 is 20.5 Å². The molecule has 1 aromatic heterocycles. The Hall–Kier alpha value is -4.31. The van der Waals surface area contributed by atoms with Gasteiger partial charge in [-0.25, -0.2) is 10.4 Å². The lowest BCUT2D eigenvalue weighted by molar-refractivity contribution is -0.118. The van der Waals surface area contributed by atoms with Crippen molar-refractivity contribution in [3.8, 4) is 22.9 Å². The summed E-state index contributed by atoms with van der Waals surface area (Å²) in [5.41, 5.74) is 4.01. The van der Waals surface area contributed by atoms with Crippen LogP contribution in [0.15, 0.2) is 81.8 Å². The Morgan fingerprint density at radius 3 is 2.43 bits per heavy atom. The summed E-state index contributed by atoms with van der Waals surface area (Å²) in [4.78, 5) is 30.3. The van der Waals surface area contributed by atoms with Crippen LogP contribution >= 0.6 is 11.8 Å². The molecule has 0 spiro atoms. The molecule has 2 N–H and O–H groups in total. The van der Waals surface area contributed by atoms with Crippen molar-refractivity contribution in [2.75, 3.05) is 20.0 Å². The highest BCUT2D eigenvalue weighted by Crippen LogP contribution is 2.36. The van der Waals surface area contributed by atoms with Crippen molar-refractivity contribution in [2.24, 2.45) is 5.10 Å². The van der Waals surface area contributed by atoms with E-state index in [9.17, 15) is 14.7 Å². The number of nitrogens with one attached hydrogen (secondary N) is 1. The van der Waals surface area contributed by atoms with Gasteiger partial charge in [-0.2, -0.15) is 5.10 Å². The standard InChI is InChI=1S/C25H22N4O5S/c1-33-20-12-16(13-21(34-2)23(20)31)14-26-28-22(30)15-35-25-27-19-11-7-6-10-18(19)24(32)29(25)17-8-4-3-5-9-17/h3-14,31H,15H2,1-2H3,(H,28,30). The zero-order chi connectivity index (χ0) is 24.8. The molecule has 0 aliphatic rings. The average molecular weight is 491 g/mol. The number of phenols is 1. The lowest BCUT2D eigenvalue weighted by Gasteiger charge is -2.12. The number of carbonyl (C=O) groups is 1. The van der Waals surface area contributed by atoms with E-state index in [0.29, 0.717) is 27.3 Å². The van der Waals surface area contributed by atoms with Gasteiger partial charge in [0.15, 0.2) is 16.7 Å². The first kappa shape index (κ1) is 23.8. The van der Waals surface area contributed by atoms with Crippen molar-refractivity contribution >= 4 is 34.8 Å². The van der Waals surface area contributed by atoms with Gasteiger partial charge >= 0.3 is 0 Å². The van der Waals surface area contributed by atoms with E-state index in [1.54, 1.807) is 30.3 Å². The zero-order valence-electron chi connectivity index (χ0n) is 19.0. The number of aromatic nitrogens is 2. The van der Waals surface area contributed by atoms with Crippen LogP contribution in [0, 0.1) is 0 Å². The molecule has 35 heavy (non-hydrogen) atoms. The summed E-state index contributed by atoms with van der Waals surface area (Å²) in [5.74, 6) is -0.0919. The molecule has 0 fully saturated rings. The third-order valence-corrected chi connectivity index (χ3v) is 5.94. The number of rotatable bonds is 8. The molecule has 4 aromatic rings. The summed E-state index contributed by atoms with van der Waals surface area (Å²) in [7, 11) is 2.84. The maximum Gasteiger partial charge on any atom is 0.266 e. The molecule has 10 heteroatoms. The fraction of sp³-hybridized carbons (Fsp3) is 0.120. The van der Waals surface area contributed by atoms with Crippen molar-refractivity contribution in [1.29, 1.82) is 0 Å². The normalized spacial score (nSPS) is 11.0. The van der Waals surface area contributed by atoms with Crippen LogP contribution in [0.25, 0.3) is 16.6 Å². The van der Waals surface area contributed by atoms with Crippen LogP contribution in [0.2, 0.25) is 0 Å². The molecule has 0 saturated heterocycles. The van der Waals surface area contributed by atoms with Crippen molar-refractivity contribution in [2.45, 2.75) is 5.16 Å². The fourth-order valence-corrected chi connectivity index (χ4v) is 4.15. The predicted octanol–water partition coefficient (Wildman–Crippen LogP) is 3.35. The molecule has 0 bridgehead atoms. The molecule has 0 aliphatic heterocycles. The Kier molecular flexibility index (Phi) is 7.32. The number of methoxy groups -OCH3 is 2. The highest BCUT2D eigenvalue weighted by molar-refractivity contribution is 7.99. The fourth-order valence-electron chi connectivity index (χ4n) is 3.34.